The van der Waals surface area contributed by atoms with Gasteiger partial charge < -0.3 is 10.1 Å². The molecule has 0 bridgehead atoms. The number of hydrogen-bond donors (Lipinski definition) is 2. The van der Waals surface area contributed by atoms with Gasteiger partial charge in [-0.2, -0.15) is 0 Å². The summed E-state index contributed by atoms with van der Waals surface area (Å²) < 4.78 is 4.48. The minimum Gasteiger partial charge on any atom is -0.453 e. The van der Waals surface area contributed by atoms with E-state index in [0.717, 1.165) is 11.3 Å². The largest absolute Gasteiger partial charge is 0.453 e. The molecule has 0 spiro atoms. The number of anilines is 2. The van der Waals surface area contributed by atoms with Crippen molar-refractivity contribution >= 4 is 17.6 Å². The molecule has 0 atom stereocenters. The first-order chi connectivity index (χ1) is 9.28. The molecule has 2 rings (SSSR count). The van der Waals surface area contributed by atoms with Gasteiger partial charge in [0.05, 0.1) is 19.0 Å². The summed E-state index contributed by atoms with van der Waals surface area (Å²) in [4.78, 5) is 19.0. The lowest BCUT2D eigenvalue weighted by Crippen LogP contribution is -2.12. The third-order valence-electron chi connectivity index (χ3n) is 2.43. The first-order valence-electron chi connectivity index (χ1n) is 5.72. The second-order valence-corrected chi connectivity index (χ2v) is 3.76. The number of hydrogen-bond acceptors (Lipinski definition) is 5. The number of aromatic nitrogens is 2. The summed E-state index contributed by atoms with van der Waals surface area (Å²) >= 11 is 0. The summed E-state index contributed by atoms with van der Waals surface area (Å²) in [6.07, 6.45) is 4.61. The van der Waals surface area contributed by atoms with Crippen LogP contribution in [0.3, 0.4) is 0 Å². The molecule has 6 nitrogen and oxygen atoms in total. The van der Waals surface area contributed by atoms with Crippen LogP contribution in [0.2, 0.25) is 0 Å². The Bertz CT molecular complexity index is 528. The Morgan fingerprint density at radius 3 is 2.68 bits per heavy atom. The first-order valence-corrected chi connectivity index (χ1v) is 5.72. The van der Waals surface area contributed by atoms with Gasteiger partial charge >= 0.3 is 6.09 Å². The van der Waals surface area contributed by atoms with E-state index in [1.54, 1.807) is 24.7 Å². The van der Waals surface area contributed by atoms with Crippen LogP contribution in [0.25, 0.3) is 0 Å². The van der Waals surface area contributed by atoms with Crippen LogP contribution in [0.15, 0.2) is 42.9 Å². The molecular formula is C13H14N4O2. The fraction of sp³-hybridized carbons (Fsp3) is 0.154. The molecule has 1 amide bonds. The van der Waals surface area contributed by atoms with Crippen molar-refractivity contribution in [3.05, 3.63) is 48.4 Å². The average Bonchev–Trinajstić information content (AvgIpc) is 2.47. The van der Waals surface area contributed by atoms with Crippen molar-refractivity contribution in [2.24, 2.45) is 0 Å². The van der Waals surface area contributed by atoms with Crippen LogP contribution in [-0.2, 0) is 11.3 Å². The van der Waals surface area contributed by atoms with Gasteiger partial charge in [-0.3, -0.25) is 10.3 Å². The van der Waals surface area contributed by atoms with E-state index in [-0.39, 0.29) is 0 Å². The molecule has 0 aliphatic carbocycles. The average molecular weight is 258 g/mol. The highest BCUT2D eigenvalue weighted by Gasteiger charge is 2.01. The van der Waals surface area contributed by atoms with Crippen LogP contribution in [-0.4, -0.2) is 23.2 Å². The number of nitrogens with one attached hydrogen (secondary N) is 2. The number of pyridine rings is 2. The monoisotopic (exact) mass is 258 g/mol. The molecule has 0 aromatic carbocycles. The molecule has 98 valence electrons. The van der Waals surface area contributed by atoms with E-state index in [1.165, 1.54) is 7.11 Å². The number of carbonyl (C=O) groups excluding carboxylic acids is 1. The maximum Gasteiger partial charge on any atom is 0.412 e. The van der Waals surface area contributed by atoms with E-state index in [9.17, 15) is 4.79 Å². The normalized spacial score (nSPS) is 9.74. The number of ether oxygens (including phenoxy) is 1. The van der Waals surface area contributed by atoms with Crippen LogP contribution in [0.1, 0.15) is 5.56 Å². The van der Waals surface area contributed by atoms with Gasteiger partial charge in [0.15, 0.2) is 0 Å². The van der Waals surface area contributed by atoms with Gasteiger partial charge in [0.2, 0.25) is 0 Å². The first kappa shape index (κ1) is 12.8. The maximum absolute atomic E-state index is 11.0. The molecule has 0 fully saturated rings. The Kier molecular flexibility index (Phi) is 4.28. The maximum atomic E-state index is 11.0. The number of rotatable bonds is 4. The molecule has 0 saturated carbocycles. The minimum atomic E-state index is -0.537. The van der Waals surface area contributed by atoms with Gasteiger partial charge in [-0.25, -0.2) is 9.78 Å². The van der Waals surface area contributed by atoms with Crippen LogP contribution in [0, 0.1) is 0 Å². The van der Waals surface area contributed by atoms with Crippen LogP contribution in [0.4, 0.5) is 16.3 Å². The number of methoxy groups -OCH3 is 1. The van der Waals surface area contributed by atoms with Gasteiger partial charge in [-0.1, -0.05) is 0 Å². The number of nitrogens with zero attached hydrogens (tertiary/aromatic N) is 2. The van der Waals surface area contributed by atoms with E-state index in [4.69, 9.17) is 0 Å². The fourth-order valence-corrected chi connectivity index (χ4v) is 1.43. The van der Waals surface area contributed by atoms with Crippen molar-refractivity contribution < 1.29 is 9.53 Å². The van der Waals surface area contributed by atoms with E-state index in [1.807, 2.05) is 18.2 Å². The van der Waals surface area contributed by atoms with Crippen LogP contribution >= 0.6 is 0 Å². The number of amides is 1. The SMILES string of the molecule is COC(=O)Nc1ccc(NCc2ccncc2)cn1. The number of carbonyl (C=O) groups is 1. The van der Waals surface area contributed by atoms with Crippen molar-refractivity contribution in [1.29, 1.82) is 0 Å². The zero-order chi connectivity index (χ0) is 13.5. The van der Waals surface area contributed by atoms with Gasteiger partial charge in [-0.05, 0) is 29.8 Å². The highest BCUT2D eigenvalue weighted by molar-refractivity contribution is 5.83. The lowest BCUT2D eigenvalue weighted by atomic mass is 10.2. The quantitative estimate of drug-likeness (QED) is 0.879. The van der Waals surface area contributed by atoms with Crippen LogP contribution in [0.5, 0.6) is 0 Å². The van der Waals surface area contributed by atoms with Crippen molar-refractivity contribution in [3.63, 3.8) is 0 Å². The summed E-state index contributed by atoms with van der Waals surface area (Å²) in [5.74, 6) is 0.446. The molecule has 2 aromatic rings. The third-order valence-corrected chi connectivity index (χ3v) is 2.43. The molecule has 0 aliphatic heterocycles. The molecule has 2 heterocycles. The zero-order valence-electron chi connectivity index (χ0n) is 10.5. The zero-order valence-corrected chi connectivity index (χ0v) is 10.5. The van der Waals surface area contributed by atoms with E-state index in [2.05, 4.69) is 25.3 Å². The Morgan fingerprint density at radius 2 is 2.05 bits per heavy atom. The minimum absolute atomic E-state index is 0.446. The second kappa shape index (κ2) is 6.34. The lowest BCUT2D eigenvalue weighted by molar-refractivity contribution is 0.187. The topological polar surface area (TPSA) is 76.1 Å². The van der Waals surface area contributed by atoms with Crippen molar-refractivity contribution in [1.82, 2.24) is 9.97 Å². The summed E-state index contributed by atoms with van der Waals surface area (Å²) in [7, 11) is 1.31. The van der Waals surface area contributed by atoms with Crippen LogP contribution < -0.4 is 10.6 Å². The summed E-state index contributed by atoms with van der Waals surface area (Å²) in [6.45, 7) is 0.688. The van der Waals surface area contributed by atoms with Gasteiger partial charge in [0.25, 0.3) is 0 Å². The van der Waals surface area contributed by atoms with Crippen molar-refractivity contribution in [2.75, 3.05) is 17.7 Å². The summed E-state index contributed by atoms with van der Waals surface area (Å²) in [5.41, 5.74) is 2.00. The smallest absolute Gasteiger partial charge is 0.412 e. The van der Waals surface area contributed by atoms with Crippen molar-refractivity contribution in [3.8, 4) is 0 Å². The molecule has 6 heteroatoms. The molecule has 19 heavy (non-hydrogen) atoms. The molecular weight excluding hydrogens is 244 g/mol. The van der Waals surface area contributed by atoms with Crippen molar-refractivity contribution in [2.45, 2.75) is 6.54 Å². The summed E-state index contributed by atoms with van der Waals surface area (Å²) in [5, 5.41) is 5.71. The van der Waals surface area contributed by atoms with E-state index < -0.39 is 6.09 Å². The van der Waals surface area contributed by atoms with E-state index in [0.29, 0.717) is 12.4 Å². The molecule has 0 radical (unpaired) electrons. The molecule has 2 aromatic heterocycles. The Morgan fingerprint density at radius 1 is 1.26 bits per heavy atom. The Labute approximate surface area is 110 Å². The Hall–Kier alpha value is -2.63. The third kappa shape index (κ3) is 3.95. The summed E-state index contributed by atoms with van der Waals surface area (Å²) in [6, 6.07) is 7.41. The standard InChI is InChI=1S/C13H14N4O2/c1-19-13(18)17-12-3-2-11(9-16-12)15-8-10-4-6-14-7-5-10/h2-7,9,15H,8H2,1H3,(H,16,17,18). The molecule has 0 unspecified atom stereocenters. The van der Waals surface area contributed by atoms with E-state index >= 15 is 0 Å². The van der Waals surface area contributed by atoms with Gasteiger partial charge in [-0.15, -0.1) is 0 Å². The molecule has 0 saturated heterocycles. The highest BCUT2D eigenvalue weighted by Crippen LogP contribution is 2.11. The van der Waals surface area contributed by atoms with Gasteiger partial charge in [0, 0.05) is 18.9 Å². The Balaban J connectivity index is 1.90. The highest BCUT2D eigenvalue weighted by atomic mass is 16.5. The predicted octanol–water partition coefficient (Wildman–Crippen LogP) is 2.27. The predicted molar refractivity (Wildman–Crippen MR) is 71.8 cm³/mol. The second-order valence-electron chi connectivity index (χ2n) is 3.76. The molecule has 2 N–H and O–H groups in total. The van der Waals surface area contributed by atoms with Gasteiger partial charge in [0.1, 0.15) is 5.82 Å². The lowest BCUT2D eigenvalue weighted by Gasteiger charge is -2.07. The fourth-order valence-electron chi connectivity index (χ4n) is 1.43. The molecule has 0 aliphatic rings.